The first kappa shape index (κ1) is 11.4. The van der Waals surface area contributed by atoms with Crippen molar-refractivity contribution >= 4 is 0 Å². The fourth-order valence-corrected chi connectivity index (χ4v) is 1.48. The molecule has 17 heavy (non-hydrogen) atoms. The molecule has 0 atom stereocenters. The maximum Gasteiger partial charge on any atom is 0.344 e. The zero-order valence-electron chi connectivity index (χ0n) is 9.64. The van der Waals surface area contributed by atoms with Gasteiger partial charge in [0.1, 0.15) is 0 Å². The van der Waals surface area contributed by atoms with Gasteiger partial charge in [0.05, 0.1) is 6.26 Å². The van der Waals surface area contributed by atoms with E-state index in [-0.39, 0.29) is 11.6 Å². The van der Waals surface area contributed by atoms with E-state index in [4.69, 9.17) is 4.42 Å². The Morgan fingerprint density at radius 1 is 1.47 bits per heavy atom. The minimum absolute atomic E-state index is 0.121. The molecule has 6 heteroatoms. The van der Waals surface area contributed by atoms with Gasteiger partial charge >= 0.3 is 5.69 Å². The molecule has 6 nitrogen and oxygen atoms in total. The second kappa shape index (κ2) is 4.40. The Labute approximate surface area is 96.9 Å². The van der Waals surface area contributed by atoms with E-state index in [1.54, 1.807) is 12.1 Å². The lowest BCUT2D eigenvalue weighted by atomic mass is 10.2. The molecule has 2 aromatic heterocycles. The Kier molecular flexibility index (Phi) is 2.95. The topological polar surface area (TPSA) is 80.9 Å². The average Bonchev–Trinajstić information content (AvgIpc) is 2.74. The van der Waals surface area contributed by atoms with E-state index in [1.807, 2.05) is 13.8 Å². The number of H-pyrrole nitrogens is 1. The van der Waals surface area contributed by atoms with Crippen molar-refractivity contribution in [3.63, 3.8) is 0 Å². The van der Waals surface area contributed by atoms with E-state index < -0.39 is 11.2 Å². The van der Waals surface area contributed by atoms with Crippen LogP contribution in [0, 0.1) is 5.92 Å². The van der Waals surface area contributed by atoms with E-state index in [0.29, 0.717) is 12.3 Å². The minimum Gasteiger partial charge on any atom is -0.462 e. The van der Waals surface area contributed by atoms with Crippen molar-refractivity contribution in [2.24, 2.45) is 5.92 Å². The summed E-state index contributed by atoms with van der Waals surface area (Å²) in [7, 11) is 0. The maximum absolute atomic E-state index is 11.6. The summed E-state index contributed by atoms with van der Waals surface area (Å²) in [5.74, 6) is 0.610. The van der Waals surface area contributed by atoms with Crippen LogP contribution < -0.4 is 11.2 Å². The third-order valence-corrected chi connectivity index (χ3v) is 2.18. The van der Waals surface area contributed by atoms with Gasteiger partial charge in [0.2, 0.25) is 0 Å². The van der Waals surface area contributed by atoms with E-state index >= 15 is 0 Å². The Morgan fingerprint density at radius 2 is 2.24 bits per heavy atom. The Balaban J connectivity index is 2.54. The van der Waals surface area contributed by atoms with Crippen molar-refractivity contribution in [1.82, 2.24) is 14.8 Å². The molecule has 0 unspecified atom stereocenters. The standard InChI is InChI=1S/C11H13N3O3/c1-7(2)6-14-11(16)12-10(15)9(13-14)8-4-3-5-17-8/h3-5,7H,6H2,1-2H3,(H,12,15,16). The van der Waals surface area contributed by atoms with Gasteiger partial charge in [0, 0.05) is 6.54 Å². The van der Waals surface area contributed by atoms with Gasteiger partial charge in [-0.1, -0.05) is 13.8 Å². The smallest absolute Gasteiger partial charge is 0.344 e. The summed E-state index contributed by atoms with van der Waals surface area (Å²) in [6.07, 6.45) is 1.45. The number of furan rings is 1. The van der Waals surface area contributed by atoms with E-state index in [2.05, 4.69) is 10.1 Å². The van der Waals surface area contributed by atoms with Crippen LogP contribution in [-0.2, 0) is 6.54 Å². The molecule has 0 spiro atoms. The first-order valence-electron chi connectivity index (χ1n) is 5.33. The van der Waals surface area contributed by atoms with Crippen LogP contribution in [0.1, 0.15) is 13.8 Å². The van der Waals surface area contributed by atoms with Gasteiger partial charge in [-0.2, -0.15) is 5.10 Å². The summed E-state index contributed by atoms with van der Waals surface area (Å²) in [6, 6.07) is 3.29. The summed E-state index contributed by atoms with van der Waals surface area (Å²) in [5.41, 5.74) is -0.917. The number of aromatic amines is 1. The molecule has 0 aliphatic carbocycles. The molecular weight excluding hydrogens is 222 g/mol. The normalized spacial score (nSPS) is 11.0. The van der Waals surface area contributed by atoms with Crippen LogP contribution in [0.4, 0.5) is 0 Å². The molecule has 2 aromatic rings. The zero-order chi connectivity index (χ0) is 12.4. The highest BCUT2D eigenvalue weighted by atomic mass is 16.3. The lowest BCUT2D eigenvalue weighted by Crippen LogP contribution is -2.34. The molecular formula is C11H13N3O3. The monoisotopic (exact) mass is 235 g/mol. The molecule has 0 saturated carbocycles. The van der Waals surface area contributed by atoms with Crippen molar-refractivity contribution in [1.29, 1.82) is 0 Å². The first-order valence-corrected chi connectivity index (χ1v) is 5.33. The minimum atomic E-state index is -0.537. The summed E-state index contributed by atoms with van der Waals surface area (Å²) in [4.78, 5) is 25.3. The highest BCUT2D eigenvalue weighted by Gasteiger charge is 2.11. The molecule has 2 rings (SSSR count). The van der Waals surface area contributed by atoms with E-state index in [1.165, 1.54) is 10.9 Å². The third-order valence-electron chi connectivity index (χ3n) is 2.18. The Hall–Kier alpha value is -2.11. The van der Waals surface area contributed by atoms with Crippen LogP contribution >= 0.6 is 0 Å². The van der Waals surface area contributed by atoms with Gasteiger partial charge in [-0.3, -0.25) is 9.78 Å². The first-order chi connectivity index (χ1) is 8.08. The fraction of sp³-hybridized carbons (Fsp3) is 0.364. The molecule has 2 heterocycles. The number of aromatic nitrogens is 3. The highest BCUT2D eigenvalue weighted by Crippen LogP contribution is 2.11. The van der Waals surface area contributed by atoms with E-state index in [0.717, 1.165) is 0 Å². The van der Waals surface area contributed by atoms with Gasteiger partial charge in [-0.25, -0.2) is 9.48 Å². The predicted molar refractivity (Wildman–Crippen MR) is 61.7 cm³/mol. The summed E-state index contributed by atoms with van der Waals surface area (Å²) in [6.45, 7) is 4.38. The molecule has 0 radical (unpaired) electrons. The molecule has 0 fully saturated rings. The summed E-state index contributed by atoms with van der Waals surface area (Å²) in [5, 5.41) is 4.02. The molecule has 0 aliphatic rings. The molecule has 0 aromatic carbocycles. The number of nitrogens with one attached hydrogen (secondary N) is 1. The van der Waals surface area contributed by atoms with Crippen molar-refractivity contribution in [2.45, 2.75) is 20.4 Å². The molecule has 0 bridgehead atoms. The highest BCUT2D eigenvalue weighted by molar-refractivity contribution is 5.48. The SMILES string of the molecule is CC(C)Cn1nc(-c2ccco2)c(=O)[nH]c1=O. The van der Waals surface area contributed by atoms with Crippen LogP contribution in [0.5, 0.6) is 0 Å². The largest absolute Gasteiger partial charge is 0.462 e. The van der Waals surface area contributed by atoms with Gasteiger partial charge in [-0.05, 0) is 18.1 Å². The van der Waals surface area contributed by atoms with Crippen LogP contribution in [0.3, 0.4) is 0 Å². The molecule has 0 amide bonds. The number of hydrogen-bond donors (Lipinski definition) is 1. The van der Waals surface area contributed by atoms with Crippen LogP contribution in [0.2, 0.25) is 0 Å². The lowest BCUT2D eigenvalue weighted by molar-refractivity contribution is 0.451. The molecule has 1 N–H and O–H groups in total. The second-order valence-corrected chi connectivity index (χ2v) is 4.16. The van der Waals surface area contributed by atoms with Gasteiger partial charge in [-0.15, -0.1) is 0 Å². The van der Waals surface area contributed by atoms with Crippen LogP contribution in [-0.4, -0.2) is 14.8 Å². The van der Waals surface area contributed by atoms with Crippen molar-refractivity contribution in [3.8, 4) is 11.5 Å². The zero-order valence-corrected chi connectivity index (χ0v) is 9.64. The summed E-state index contributed by atoms with van der Waals surface area (Å²) >= 11 is 0. The number of hydrogen-bond acceptors (Lipinski definition) is 4. The average molecular weight is 235 g/mol. The van der Waals surface area contributed by atoms with Crippen LogP contribution in [0.15, 0.2) is 32.4 Å². The molecule has 0 aliphatic heterocycles. The predicted octanol–water partition coefficient (Wildman–Crippen LogP) is 0.848. The van der Waals surface area contributed by atoms with Crippen molar-refractivity contribution in [3.05, 3.63) is 39.2 Å². The number of nitrogens with zero attached hydrogens (tertiary/aromatic N) is 2. The van der Waals surface area contributed by atoms with Crippen molar-refractivity contribution in [2.75, 3.05) is 0 Å². The summed E-state index contributed by atoms with van der Waals surface area (Å²) < 4.78 is 6.34. The van der Waals surface area contributed by atoms with Gasteiger partial charge < -0.3 is 4.42 Å². The van der Waals surface area contributed by atoms with Crippen molar-refractivity contribution < 1.29 is 4.42 Å². The fourth-order valence-electron chi connectivity index (χ4n) is 1.48. The van der Waals surface area contributed by atoms with Gasteiger partial charge in [0.25, 0.3) is 5.56 Å². The number of rotatable bonds is 3. The Morgan fingerprint density at radius 3 is 2.82 bits per heavy atom. The maximum atomic E-state index is 11.6. The lowest BCUT2D eigenvalue weighted by Gasteiger charge is -2.07. The van der Waals surface area contributed by atoms with Gasteiger partial charge in [0.15, 0.2) is 11.5 Å². The third kappa shape index (κ3) is 2.35. The Bertz CT molecular complexity index is 608. The van der Waals surface area contributed by atoms with Crippen LogP contribution in [0.25, 0.3) is 11.5 Å². The molecule has 90 valence electrons. The quantitative estimate of drug-likeness (QED) is 0.855. The molecule has 0 saturated heterocycles. The second-order valence-electron chi connectivity index (χ2n) is 4.16. The van der Waals surface area contributed by atoms with E-state index in [9.17, 15) is 9.59 Å².